The molecular weight excluding hydrogens is 370 g/mol. The molecule has 0 bridgehead atoms. The Bertz CT molecular complexity index is 932. The zero-order chi connectivity index (χ0) is 20.0. The normalized spacial score (nSPS) is 11.1. The minimum absolute atomic E-state index is 0.0534. The van der Waals surface area contributed by atoms with Crippen molar-refractivity contribution in [2.45, 2.75) is 25.3 Å². The van der Waals surface area contributed by atoms with Crippen LogP contribution in [-0.2, 0) is 30.9 Å². The molecule has 0 aromatic heterocycles. The lowest BCUT2D eigenvalue weighted by molar-refractivity contribution is -0.143. The van der Waals surface area contributed by atoms with E-state index in [9.17, 15) is 18.0 Å². The number of hydrogen-bond donors (Lipinski definition) is 1. The van der Waals surface area contributed by atoms with E-state index in [0.717, 1.165) is 23.8 Å². The number of sulfonamides is 1. The molecule has 144 valence electrons. The molecule has 0 aliphatic heterocycles. The van der Waals surface area contributed by atoms with E-state index in [2.05, 4.69) is 9.46 Å². The van der Waals surface area contributed by atoms with E-state index >= 15 is 0 Å². The fourth-order valence-electron chi connectivity index (χ4n) is 2.49. The molecule has 0 unspecified atom stereocenters. The lowest BCUT2D eigenvalue weighted by Gasteiger charge is -2.12. The summed E-state index contributed by atoms with van der Waals surface area (Å²) in [7, 11) is -2.94. The van der Waals surface area contributed by atoms with Gasteiger partial charge in [0.25, 0.3) is 0 Å². The minimum Gasteiger partial charge on any atom is -0.465 e. The largest absolute Gasteiger partial charge is 0.465 e. The van der Waals surface area contributed by atoms with E-state index in [-0.39, 0.29) is 17.1 Å². The molecule has 2 rings (SSSR count). The molecule has 0 heterocycles. The van der Waals surface area contributed by atoms with Crippen molar-refractivity contribution < 1.29 is 27.5 Å². The predicted octanol–water partition coefficient (Wildman–Crippen LogP) is 2.11. The number of carbonyl (C=O) groups excluding carboxylic acids is 2. The Hall–Kier alpha value is -2.71. The van der Waals surface area contributed by atoms with E-state index in [1.165, 1.54) is 24.3 Å². The summed E-state index contributed by atoms with van der Waals surface area (Å²) in [4.78, 5) is 23.4. The summed E-state index contributed by atoms with van der Waals surface area (Å²) >= 11 is 0. The maximum atomic E-state index is 12.4. The number of methoxy groups -OCH3 is 1. The van der Waals surface area contributed by atoms with Gasteiger partial charge in [-0.2, -0.15) is 4.72 Å². The molecule has 0 saturated carbocycles. The molecule has 0 fully saturated rings. The van der Waals surface area contributed by atoms with Gasteiger partial charge in [0.2, 0.25) is 10.0 Å². The molecule has 2 aromatic rings. The Labute approximate surface area is 158 Å². The topological polar surface area (TPSA) is 98.8 Å². The van der Waals surface area contributed by atoms with Crippen LogP contribution < -0.4 is 4.72 Å². The summed E-state index contributed by atoms with van der Waals surface area (Å²) in [6.45, 7) is 3.31. The average Bonchev–Trinajstić information content (AvgIpc) is 2.65. The number of benzene rings is 2. The highest BCUT2D eigenvalue weighted by Crippen LogP contribution is 2.17. The summed E-state index contributed by atoms with van der Waals surface area (Å²) in [5.41, 5.74) is 2.73. The van der Waals surface area contributed by atoms with Crippen LogP contribution in [0.25, 0.3) is 0 Å². The highest BCUT2D eigenvalue weighted by Gasteiger charge is 2.23. The molecule has 2 aromatic carbocycles. The van der Waals surface area contributed by atoms with Gasteiger partial charge in [-0.1, -0.05) is 30.3 Å². The van der Waals surface area contributed by atoms with Crippen LogP contribution in [-0.4, -0.2) is 34.0 Å². The number of hydrogen-bond acceptors (Lipinski definition) is 6. The van der Waals surface area contributed by atoms with Crippen molar-refractivity contribution in [3.63, 3.8) is 0 Å². The van der Waals surface area contributed by atoms with Gasteiger partial charge < -0.3 is 9.47 Å². The van der Waals surface area contributed by atoms with E-state index in [0.29, 0.717) is 0 Å². The fourth-order valence-corrected chi connectivity index (χ4v) is 3.65. The van der Waals surface area contributed by atoms with Gasteiger partial charge in [0.05, 0.1) is 17.6 Å². The van der Waals surface area contributed by atoms with Crippen LogP contribution in [0.3, 0.4) is 0 Å². The lowest BCUT2D eigenvalue weighted by Crippen LogP contribution is -2.31. The van der Waals surface area contributed by atoms with Crippen LogP contribution >= 0.6 is 0 Å². The number of aryl methyl sites for hydroxylation is 2. The SMILES string of the molecule is COC(=O)c1ccccc1S(=O)(=O)NCC(=O)OCc1c(C)cccc1C. The van der Waals surface area contributed by atoms with Crippen molar-refractivity contribution in [3.05, 3.63) is 64.7 Å². The monoisotopic (exact) mass is 391 g/mol. The van der Waals surface area contributed by atoms with Crippen LogP contribution in [0.2, 0.25) is 0 Å². The number of rotatable bonds is 7. The predicted molar refractivity (Wildman–Crippen MR) is 98.7 cm³/mol. The maximum Gasteiger partial charge on any atom is 0.339 e. The Morgan fingerprint density at radius 3 is 2.26 bits per heavy atom. The van der Waals surface area contributed by atoms with Crippen molar-refractivity contribution in [2.75, 3.05) is 13.7 Å². The van der Waals surface area contributed by atoms with Gasteiger partial charge in [0.1, 0.15) is 13.2 Å². The van der Waals surface area contributed by atoms with Gasteiger partial charge in [-0.25, -0.2) is 13.2 Å². The van der Waals surface area contributed by atoms with Crippen LogP contribution in [0.15, 0.2) is 47.4 Å². The third kappa shape index (κ3) is 5.15. The summed E-state index contributed by atoms with van der Waals surface area (Å²) in [5, 5.41) is 0. The van der Waals surface area contributed by atoms with Gasteiger partial charge in [-0.05, 0) is 42.7 Å². The van der Waals surface area contributed by atoms with Crippen LogP contribution in [0, 0.1) is 13.8 Å². The van der Waals surface area contributed by atoms with Gasteiger partial charge in [-0.3, -0.25) is 4.79 Å². The molecule has 0 aliphatic rings. The number of carbonyl (C=O) groups is 2. The summed E-state index contributed by atoms with van der Waals surface area (Å²) in [6.07, 6.45) is 0. The molecule has 8 heteroatoms. The molecule has 0 spiro atoms. The fraction of sp³-hybridized carbons (Fsp3) is 0.263. The van der Waals surface area contributed by atoms with Crippen molar-refractivity contribution in [1.82, 2.24) is 4.72 Å². The first-order valence-electron chi connectivity index (χ1n) is 8.14. The zero-order valence-electron chi connectivity index (χ0n) is 15.3. The molecule has 7 nitrogen and oxygen atoms in total. The first kappa shape index (κ1) is 20.6. The molecule has 0 radical (unpaired) electrons. The second-order valence-corrected chi connectivity index (χ2v) is 7.58. The highest BCUT2D eigenvalue weighted by molar-refractivity contribution is 7.89. The number of ether oxygens (including phenoxy) is 2. The van der Waals surface area contributed by atoms with E-state index in [1.54, 1.807) is 0 Å². The molecule has 0 saturated heterocycles. The molecule has 0 atom stereocenters. The second-order valence-electron chi connectivity index (χ2n) is 5.84. The third-order valence-electron chi connectivity index (χ3n) is 4.01. The van der Waals surface area contributed by atoms with Crippen LogP contribution in [0.5, 0.6) is 0 Å². The van der Waals surface area contributed by atoms with Crippen molar-refractivity contribution in [1.29, 1.82) is 0 Å². The molecule has 0 aliphatic carbocycles. The van der Waals surface area contributed by atoms with Crippen molar-refractivity contribution in [2.24, 2.45) is 0 Å². The van der Waals surface area contributed by atoms with Crippen molar-refractivity contribution >= 4 is 22.0 Å². The minimum atomic E-state index is -4.09. The second kappa shape index (κ2) is 8.79. The quantitative estimate of drug-likeness (QED) is 0.726. The smallest absolute Gasteiger partial charge is 0.339 e. The van der Waals surface area contributed by atoms with Gasteiger partial charge in [0, 0.05) is 0 Å². The number of esters is 2. The van der Waals surface area contributed by atoms with Crippen LogP contribution in [0.4, 0.5) is 0 Å². The highest BCUT2D eigenvalue weighted by atomic mass is 32.2. The Kier molecular flexibility index (Phi) is 6.70. The third-order valence-corrected chi connectivity index (χ3v) is 5.47. The molecular formula is C19H21NO6S. The molecule has 1 N–H and O–H groups in total. The number of nitrogens with one attached hydrogen (secondary N) is 1. The van der Waals surface area contributed by atoms with Gasteiger partial charge in [0.15, 0.2) is 0 Å². The van der Waals surface area contributed by atoms with E-state index in [1.807, 2.05) is 32.0 Å². The maximum absolute atomic E-state index is 12.4. The molecule has 27 heavy (non-hydrogen) atoms. The Morgan fingerprint density at radius 1 is 1.00 bits per heavy atom. The summed E-state index contributed by atoms with van der Waals surface area (Å²) in [5.74, 6) is -1.51. The zero-order valence-corrected chi connectivity index (χ0v) is 16.1. The summed E-state index contributed by atoms with van der Waals surface area (Å²) < 4.78 is 36.8. The van der Waals surface area contributed by atoms with Crippen molar-refractivity contribution in [3.8, 4) is 0 Å². The van der Waals surface area contributed by atoms with Gasteiger partial charge >= 0.3 is 11.9 Å². The van der Waals surface area contributed by atoms with E-state index in [4.69, 9.17) is 4.74 Å². The lowest BCUT2D eigenvalue weighted by atomic mass is 10.0. The first-order valence-corrected chi connectivity index (χ1v) is 9.62. The standard InChI is InChI=1S/C19H21NO6S/c1-13-7-6-8-14(2)16(13)12-26-18(21)11-20-27(23,24)17-10-5-4-9-15(17)19(22)25-3/h4-10,20H,11-12H2,1-3H3. The molecule has 0 amide bonds. The van der Waals surface area contributed by atoms with E-state index < -0.39 is 28.5 Å². The van der Waals surface area contributed by atoms with Gasteiger partial charge in [-0.15, -0.1) is 0 Å². The first-order chi connectivity index (χ1) is 12.8. The van der Waals surface area contributed by atoms with Crippen LogP contribution in [0.1, 0.15) is 27.0 Å². The summed E-state index contributed by atoms with van der Waals surface area (Å²) in [6, 6.07) is 11.3. The Morgan fingerprint density at radius 2 is 1.63 bits per heavy atom. The average molecular weight is 391 g/mol. The Balaban J connectivity index is 2.03.